The van der Waals surface area contributed by atoms with Crippen LogP contribution in [0.3, 0.4) is 0 Å². The smallest absolute Gasteiger partial charge is 0.253 e. The number of piperazine rings is 1. The van der Waals surface area contributed by atoms with Gasteiger partial charge >= 0.3 is 0 Å². The third kappa shape index (κ3) is 3.84. The van der Waals surface area contributed by atoms with E-state index in [9.17, 15) is 4.79 Å². The minimum Gasteiger partial charge on any atom is -0.366 e. The van der Waals surface area contributed by atoms with Gasteiger partial charge in [-0.2, -0.15) is 0 Å². The summed E-state index contributed by atoms with van der Waals surface area (Å²) in [6.45, 7) is 5.57. The minimum absolute atomic E-state index is 0.00627. The van der Waals surface area contributed by atoms with E-state index in [4.69, 9.17) is 9.97 Å². The monoisotopic (exact) mass is 480 g/mol. The molecule has 0 aliphatic carbocycles. The summed E-state index contributed by atoms with van der Waals surface area (Å²) in [5.41, 5.74) is 10.4. The molecule has 1 atom stereocenters. The Balaban J connectivity index is 1.36. The molecule has 1 fully saturated rings. The van der Waals surface area contributed by atoms with Gasteiger partial charge in [-0.3, -0.25) is 4.79 Å². The number of H-pyrrole nitrogens is 1. The van der Waals surface area contributed by atoms with Gasteiger partial charge in [0.05, 0.1) is 11.9 Å². The van der Waals surface area contributed by atoms with Crippen molar-refractivity contribution >= 4 is 22.8 Å². The Morgan fingerprint density at radius 2 is 1.92 bits per heavy atom. The number of rotatable bonds is 3. The molecule has 2 aliphatic rings. The standard InChI is InChI=1S/C29H32N6O/c1-18-13-22(14-21-9-10-23-17-34(4)11-12-35(23)27(18)21)25-16-31-28-26(32-25)24(15-30-28)19-5-7-20(8-6-19)29(36)33(2)3/h5-8,13-16,23H,9-12,17H2,1-4H3,(H,30,31)/t23-/m1/s1. The van der Waals surface area contributed by atoms with Crippen LogP contribution >= 0.6 is 0 Å². The molecule has 0 unspecified atom stereocenters. The Hall–Kier alpha value is -3.71. The average Bonchev–Trinajstić information content (AvgIpc) is 3.31. The largest absolute Gasteiger partial charge is 0.366 e. The number of aromatic nitrogens is 3. The lowest BCUT2D eigenvalue weighted by atomic mass is 9.89. The predicted octanol–water partition coefficient (Wildman–Crippen LogP) is 4.37. The lowest BCUT2D eigenvalue weighted by Crippen LogP contribution is -2.54. The van der Waals surface area contributed by atoms with Crippen LogP contribution in [0.2, 0.25) is 0 Å². The maximum atomic E-state index is 12.3. The molecule has 4 heterocycles. The molecule has 2 aromatic heterocycles. The average molecular weight is 481 g/mol. The Morgan fingerprint density at radius 1 is 1.11 bits per heavy atom. The Bertz CT molecular complexity index is 1450. The van der Waals surface area contributed by atoms with Crippen molar-refractivity contribution in [1.29, 1.82) is 0 Å². The van der Waals surface area contributed by atoms with Crippen LogP contribution in [-0.2, 0) is 6.42 Å². The van der Waals surface area contributed by atoms with E-state index in [1.165, 1.54) is 23.2 Å². The molecule has 1 saturated heterocycles. The Labute approximate surface area is 211 Å². The number of carbonyl (C=O) groups is 1. The second kappa shape index (κ2) is 8.75. The molecule has 4 aromatic rings. The van der Waals surface area contributed by atoms with E-state index in [1.807, 2.05) is 36.7 Å². The SMILES string of the molecule is Cc1cc(-c2cnc3[nH]cc(-c4ccc(C(=O)N(C)C)cc4)c3n2)cc2c1N1CCN(C)C[C@H]1CC2. The first-order valence-electron chi connectivity index (χ1n) is 12.6. The lowest BCUT2D eigenvalue weighted by molar-refractivity contribution is 0.0827. The van der Waals surface area contributed by atoms with Crippen LogP contribution in [0.4, 0.5) is 5.69 Å². The molecule has 1 N–H and O–H groups in total. The normalized spacial score (nSPS) is 17.7. The first-order chi connectivity index (χ1) is 17.4. The van der Waals surface area contributed by atoms with E-state index in [2.05, 4.69) is 40.9 Å². The van der Waals surface area contributed by atoms with Crippen molar-refractivity contribution in [3.8, 4) is 22.4 Å². The summed E-state index contributed by atoms with van der Waals surface area (Å²) in [5.74, 6) is -0.00627. The molecule has 0 radical (unpaired) electrons. The molecule has 2 aromatic carbocycles. The summed E-state index contributed by atoms with van der Waals surface area (Å²) in [6, 6.07) is 12.9. The number of aromatic amines is 1. The van der Waals surface area contributed by atoms with E-state index >= 15 is 0 Å². The van der Waals surface area contributed by atoms with Gasteiger partial charge in [-0.05, 0) is 67.8 Å². The van der Waals surface area contributed by atoms with Gasteiger partial charge in [0.1, 0.15) is 5.52 Å². The third-order valence-corrected chi connectivity index (χ3v) is 7.62. The summed E-state index contributed by atoms with van der Waals surface area (Å²) in [6.07, 6.45) is 6.11. The van der Waals surface area contributed by atoms with Gasteiger partial charge in [0.2, 0.25) is 0 Å². The molecule has 7 nitrogen and oxygen atoms in total. The summed E-state index contributed by atoms with van der Waals surface area (Å²) >= 11 is 0. The maximum absolute atomic E-state index is 12.3. The molecule has 0 spiro atoms. The zero-order valence-electron chi connectivity index (χ0n) is 21.4. The van der Waals surface area contributed by atoms with E-state index in [0.717, 1.165) is 59.6 Å². The fourth-order valence-electron chi connectivity index (χ4n) is 5.78. The van der Waals surface area contributed by atoms with Crippen LogP contribution in [0.25, 0.3) is 33.5 Å². The van der Waals surface area contributed by atoms with Gasteiger partial charge in [0.25, 0.3) is 5.91 Å². The molecular weight excluding hydrogens is 448 g/mol. The van der Waals surface area contributed by atoms with Crippen molar-refractivity contribution in [3.05, 3.63) is 65.5 Å². The van der Waals surface area contributed by atoms with Crippen LogP contribution in [0.15, 0.2) is 48.8 Å². The topological polar surface area (TPSA) is 68.4 Å². The number of nitrogens with one attached hydrogen (secondary N) is 1. The first kappa shape index (κ1) is 22.7. The van der Waals surface area contributed by atoms with Crippen molar-refractivity contribution in [2.75, 3.05) is 45.7 Å². The number of fused-ring (bicyclic) bond motifs is 4. The van der Waals surface area contributed by atoms with E-state index < -0.39 is 0 Å². The van der Waals surface area contributed by atoms with Crippen molar-refractivity contribution in [1.82, 2.24) is 24.8 Å². The number of anilines is 1. The van der Waals surface area contributed by atoms with Gasteiger partial charge < -0.3 is 19.7 Å². The fourth-order valence-corrected chi connectivity index (χ4v) is 5.78. The molecular formula is C29H32N6O. The van der Waals surface area contributed by atoms with Gasteiger partial charge in [0.15, 0.2) is 5.65 Å². The summed E-state index contributed by atoms with van der Waals surface area (Å²) in [5, 5.41) is 0. The van der Waals surface area contributed by atoms with Crippen LogP contribution in [0, 0.1) is 6.92 Å². The van der Waals surface area contributed by atoms with E-state index in [1.54, 1.807) is 19.0 Å². The van der Waals surface area contributed by atoms with Crippen LogP contribution < -0.4 is 4.90 Å². The zero-order valence-corrected chi connectivity index (χ0v) is 21.4. The van der Waals surface area contributed by atoms with Crippen LogP contribution in [-0.4, -0.2) is 77.5 Å². The summed E-state index contributed by atoms with van der Waals surface area (Å²) in [7, 11) is 5.75. The Morgan fingerprint density at radius 3 is 2.69 bits per heavy atom. The highest BCUT2D eigenvalue weighted by Crippen LogP contribution is 2.38. The van der Waals surface area contributed by atoms with Crippen LogP contribution in [0.1, 0.15) is 27.9 Å². The third-order valence-electron chi connectivity index (χ3n) is 7.62. The van der Waals surface area contributed by atoms with E-state index in [-0.39, 0.29) is 5.91 Å². The summed E-state index contributed by atoms with van der Waals surface area (Å²) < 4.78 is 0. The van der Waals surface area contributed by atoms with E-state index in [0.29, 0.717) is 11.6 Å². The van der Waals surface area contributed by atoms with Gasteiger partial charge in [0, 0.05) is 68.3 Å². The number of aryl methyl sites for hydroxylation is 2. The summed E-state index contributed by atoms with van der Waals surface area (Å²) in [4.78, 5) is 31.9. The second-order valence-corrected chi connectivity index (χ2v) is 10.4. The molecule has 0 saturated carbocycles. The zero-order chi connectivity index (χ0) is 25.0. The number of benzene rings is 2. The maximum Gasteiger partial charge on any atom is 0.253 e. The van der Waals surface area contributed by atoms with Crippen LogP contribution in [0.5, 0.6) is 0 Å². The van der Waals surface area contributed by atoms with Gasteiger partial charge in [-0.25, -0.2) is 9.97 Å². The highest BCUT2D eigenvalue weighted by molar-refractivity contribution is 5.96. The van der Waals surface area contributed by atoms with Crippen molar-refractivity contribution in [2.24, 2.45) is 0 Å². The van der Waals surface area contributed by atoms with Gasteiger partial charge in [-0.15, -0.1) is 0 Å². The van der Waals surface area contributed by atoms with Crippen molar-refractivity contribution in [3.63, 3.8) is 0 Å². The number of hydrogen-bond donors (Lipinski definition) is 1. The number of hydrogen-bond acceptors (Lipinski definition) is 5. The van der Waals surface area contributed by atoms with Gasteiger partial charge in [-0.1, -0.05) is 12.1 Å². The highest BCUT2D eigenvalue weighted by Gasteiger charge is 2.31. The van der Waals surface area contributed by atoms with Crippen molar-refractivity contribution in [2.45, 2.75) is 25.8 Å². The predicted molar refractivity (Wildman–Crippen MR) is 144 cm³/mol. The quantitative estimate of drug-likeness (QED) is 0.472. The second-order valence-electron chi connectivity index (χ2n) is 10.4. The highest BCUT2D eigenvalue weighted by atomic mass is 16.2. The molecule has 7 heteroatoms. The molecule has 6 rings (SSSR count). The molecule has 36 heavy (non-hydrogen) atoms. The molecule has 1 amide bonds. The number of likely N-dealkylation sites (N-methyl/N-ethyl adjacent to an activating group) is 1. The minimum atomic E-state index is -0.00627. The fraction of sp³-hybridized carbons (Fsp3) is 0.345. The number of carbonyl (C=O) groups excluding carboxylic acids is 1. The van der Waals surface area contributed by atoms with Crippen molar-refractivity contribution < 1.29 is 4.79 Å². The molecule has 2 aliphatic heterocycles. The lowest BCUT2D eigenvalue weighted by Gasteiger charge is -2.46. The number of amides is 1. The number of nitrogens with zero attached hydrogens (tertiary/aromatic N) is 5. The Kier molecular flexibility index (Phi) is 5.52. The molecule has 0 bridgehead atoms. The molecule has 184 valence electrons. The first-order valence-corrected chi connectivity index (χ1v) is 12.6.